The molecule has 6 N–H and O–H groups in total. The first kappa shape index (κ1) is 13.9. The van der Waals surface area contributed by atoms with Crippen molar-refractivity contribution in [3.8, 4) is 0 Å². The standard InChI is InChI=1S/C11H17ClFN3O/c1-3-11(2,17)5-16-10-7(15)4-6(14)8(12)9(10)13/h4,16-17H,3,5,14-15H2,1-2H3. The van der Waals surface area contributed by atoms with Crippen molar-refractivity contribution in [2.75, 3.05) is 23.3 Å². The van der Waals surface area contributed by atoms with Gasteiger partial charge in [-0.05, 0) is 19.4 Å². The Morgan fingerprint density at radius 1 is 1.47 bits per heavy atom. The van der Waals surface area contributed by atoms with Crippen molar-refractivity contribution in [1.82, 2.24) is 0 Å². The van der Waals surface area contributed by atoms with Crippen LogP contribution in [0.2, 0.25) is 5.02 Å². The van der Waals surface area contributed by atoms with Crippen LogP contribution in [0.25, 0.3) is 0 Å². The molecular weight excluding hydrogens is 245 g/mol. The van der Waals surface area contributed by atoms with Gasteiger partial charge < -0.3 is 21.9 Å². The molecule has 0 fully saturated rings. The summed E-state index contributed by atoms with van der Waals surface area (Å²) in [5, 5.41) is 12.4. The van der Waals surface area contributed by atoms with E-state index in [1.807, 2.05) is 6.92 Å². The van der Waals surface area contributed by atoms with Crippen LogP contribution < -0.4 is 16.8 Å². The van der Waals surface area contributed by atoms with Gasteiger partial charge in [-0.3, -0.25) is 0 Å². The highest BCUT2D eigenvalue weighted by Gasteiger charge is 2.20. The first-order chi connectivity index (χ1) is 7.78. The van der Waals surface area contributed by atoms with Crippen molar-refractivity contribution >= 4 is 28.7 Å². The lowest BCUT2D eigenvalue weighted by molar-refractivity contribution is 0.0697. The molecule has 1 rings (SSSR count). The van der Waals surface area contributed by atoms with Gasteiger partial charge in [0.15, 0.2) is 5.82 Å². The second-order valence-corrected chi connectivity index (χ2v) is 4.64. The van der Waals surface area contributed by atoms with Gasteiger partial charge in [0, 0.05) is 6.54 Å². The summed E-state index contributed by atoms with van der Waals surface area (Å²) in [6.45, 7) is 3.65. The topological polar surface area (TPSA) is 84.3 Å². The molecule has 0 bridgehead atoms. The molecule has 1 aromatic rings. The van der Waals surface area contributed by atoms with Gasteiger partial charge in [-0.25, -0.2) is 4.39 Å². The smallest absolute Gasteiger partial charge is 0.169 e. The van der Waals surface area contributed by atoms with Gasteiger partial charge in [0.05, 0.1) is 22.7 Å². The molecule has 17 heavy (non-hydrogen) atoms. The zero-order valence-electron chi connectivity index (χ0n) is 9.85. The quantitative estimate of drug-likeness (QED) is 0.626. The first-order valence-corrected chi connectivity index (χ1v) is 5.65. The molecule has 0 amide bonds. The second-order valence-electron chi connectivity index (χ2n) is 4.26. The maximum absolute atomic E-state index is 13.8. The van der Waals surface area contributed by atoms with E-state index in [0.29, 0.717) is 6.42 Å². The summed E-state index contributed by atoms with van der Waals surface area (Å²) in [4.78, 5) is 0. The summed E-state index contributed by atoms with van der Waals surface area (Å²) in [6, 6.07) is 1.38. The molecule has 1 unspecified atom stereocenters. The van der Waals surface area contributed by atoms with Crippen molar-refractivity contribution in [1.29, 1.82) is 0 Å². The number of hydrogen-bond donors (Lipinski definition) is 4. The van der Waals surface area contributed by atoms with Crippen LogP contribution in [0.1, 0.15) is 20.3 Å². The van der Waals surface area contributed by atoms with Crippen LogP contribution in [0.15, 0.2) is 6.07 Å². The number of aliphatic hydroxyl groups is 1. The summed E-state index contributed by atoms with van der Waals surface area (Å²) in [6.07, 6.45) is 0.532. The molecule has 4 nitrogen and oxygen atoms in total. The molecule has 0 heterocycles. The fourth-order valence-electron chi connectivity index (χ4n) is 1.25. The molecule has 96 valence electrons. The Balaban J connectivity index is 2.96. The highest BCUT2D eigenvalue weighted by molar-refractivity contribution is 6.33. The number of rotatable bonds is 4. The highest BCUT2D eigenvalue weighted by Crippen LogP contribution is 2.33. The van der Waals surface area contributed by atoms with Gasteiger partial charge in [-0.1, -0.05) is 18.5 Å². The third-order valence-corrected chi connectivity index (χ3v) is 3.06. The van der Waals surface area contributed by atoms with Gasteiger partial charge in [-0.2, -0.15) is 0 Å². The van der Waals surface area contributed by atoms with Crippen LogP contribution in [0.3, 0.4) is 0 Å². The maximum Gasteiger partial charge on any atom is 0.169 e. The Labute approximate surface area is 105 Å². The zero-order valence-corrected chi connectivity index (χ0v) is 10.6. The molecule has 0 spiro atoms. The Hall–Kier alpha value is -1.20. The Morgan fingerprint density at radius 3 is 2.59 bits per heavy atom. The van der Waals surface area contributed by atoms with Crippen molar-refractivity contribution < 1.29 is 9.50 Å². The van der Waals surface area contributed by atoms with Crippen molar-refractivity contribution in [3.63, 3.8) is 0 Å². The largest absolute Gasteiger partial charge is 0.397 e. The van der Waals surface area contributed by atoms with E-state index in [2.05, 4.69) is 5.32 Å². The minimum absolute atomic E-state index is 0.0675. The zero-order chi connectivity index (χ0) is 13.2. The van der Waals surface area contributed by atoms with Crippen LogP contribution in [-0.2, 0) is 0 Å². The number of anilines is 3. The van der Waals surface area contributed by atoms with E-state index in [-0.39, 0.29) is 28.6 Å². The molecule has 1 atom stereocenters. The van der Waals surface area contributed by atoms with Gasteiger partial charge in [-0.15, -0.1) is 0 Å². The summed E-state index contributed by atoms with van der Waals surface area (Å²) in [5.41, 5.74) is 10.5. The Bertz CT molecular complexity index is 424. The fourth-order valence-corrected chi connectivity index (χ4v) is 1.40. The fraction of sp³-hybridized carbons (Fsp3) is 0.455. The van der Waals surface area contributed by atoms with Crippen molar-refractivity contribution in [3.05, 3.63) is 16.9 Å². The summed E-state index contributed by atoms with van der Waals surface area (Å²) >= 11 is 5.68. The lowest BCUT2D eigenvalue weighted by atomic mass is 10.0. The van der Waals surface area contributed by atoms with E-state index in [4.69, 9.17) is 23.1 Å². The van der Waals surface area contributed by atoms with Crippen LogP contribution in [0.4, 0.5) is 21.5 Å². The molecule has 0 aliphatic rings. The monoisotopic (exact) mass is 261 g/mol. The molecule has 0 aliphatic heterocycles. The predicted molar refractivity (Wildman–Crippen MR) is 69.6 cm³/mol. The molecule has 0 aromatic heterocycles. The number of hydrogen-bond acceptors (Lipinski definition) is 4. The molecular formula is C11H17ClFN3O. The van der Waals surface area contributed by atoms with Gasteiger partial charge in [0.2, 0.25) is 0 Å². The van der Waals surface area contributed by atoms with Crippen LogP contribution in [-0.4, -0.2) is 17.3 Å². The number of benzene rings is 1. The van der Waals surface area contributed by atoms with Gasteiger partial charge in [0.1, 0.15) is 5.02 Å². The summed E-state index contributed by atoms with van der Waals surface area (Å²) < 4.78 is 13.8. The predicted octanol–water partition coefficient (Wildman–Crippen LogP) is 2.22. The average Bonchev–Trinajstić information content (AvgIpc) is 2.26. The van der Waals surface area contributed by atoms with E-state index in [0.717, 1.165) is 0 Å². The third kappa shape index (κ3) is 3.14. The van der Waals surface area contributed by atoms with E-state index in [1.54, 1.807) is 6.92 Å². The molecule has 0 saturated carbocycles. The number of nitrogens with one attached hydrogen (secondary N) is 1. The number of nitrogen functional groups attached to an aromatic ring is 2. The van der Waals surface area contributed by atoms with E-state index >= 15 is 0 Å². The van der Waals surface area contributed by atoms with Crippen LogP contribution in [0, 0.1) is 5.82 Å². The van der Waals surface area contributed by atoms with Crippen molar-refractivity contribution in [2.45, 2.75) is 25.9 Å². The maximum atomic E-state index is 13.8. The lowest BCUT2D eigenvalue weighted by Gasteiger charge is -2.23. The third-order valence-electron chi connectivity index (χ3n) is 2.67. The molecule has 0 radical (unpaired) electrons. The average molecular weight is 262 g/mol. The highest BCUT2D eigenvalue weighted by atomic mass is 35.5. The normalized spacial score (nSPS) is 14.4. The van der Waals surface area contributed by atoms with Crippen LogP contribution in [0.5, 0.6) is 0 Å². The first-order valence-electron chi connectivity index (χ1n) is 5.27. The second kappa shape index (κ2) is 4.98. The van der Waals surface area contributed by atoms with Crippen molar-refractivity contribution in [2.24, 2.45) is 0 Å². The Morgan fingerprint density at radius 2 is 2.06 bits per heavy atom. The Kier molecular flexibility index (Phi) is 4.06. The van der Waals surface area contributed by atoms with E-state index < -0.39 is 11.4 Å². The van der Waals surface area contributed by atoms with Gasteiger partial charge >= 0.3 is 0 Å². The molecule has 1 aromatic carbocycles. The molecule has 6 heteroatoms. The van der Waals surface area contributed by atoms with E-state index in [9.17, 15) is 9.50 Å². The lowest BCUT2D eigenvalue weighted by Crippen LogP contribution is -2.32. The minimum Gasteiger partial charge on any atom is -0.397 e. The van der Waals surface area contributed by atoms with Crippen LogP contribution >= 0.6 is 11.6 Å². The van der Waals surface area contributed by atoms with E-state index in [1.165, 1.54) is 6.07 Å². The SMILES string of the molecule is CCC(C)(O)CNc1c(N)cc(N)c(Cl)c1F. The number of halogens is 2. The number of nitrogens with two attached hydrogens (primary N) is 2. The molecule has 0 saturated heterocycles. The minimum atomic E-state index is -0.938. The summed E-state index contributed by atoms with van der Waals surface area (Å²) in [5.74, 6) is -0.698. The van der Waals surface area contributed by atoms with Gasteiger partial charge in [0.25, 0.3) is 0 Å². The summed E-state index contributed by atoms with van der Waals surface area (Å²) in [7, 11) is 0. The molecule has 0 aliphatic carbocycles.